The Bertz CT molecular complexity index is 1560. The third kappa shape index (κ3) is 6.99. The van der Waals surface area contributed by atoms with Gasteiger partial charge in [-0.25, -0.2) is 4.79 Å². The summed E-state index contributed by atoms with van der Waals surface area (Å²) in [6.07, 6.45) is -2.54. The van der Waals surface area contributed by atoms with Crippen LogP contribution in [0, 0.1) is 6.92 Å². The van der Waals surface area contributed by atoms with Gasteiger partial charge in [0, 0.05) is 48.4 Å². The standard InChI is InChI=1S/C30H36F3N7O3/c1-19-15-25(42-5)23(22-11-14-40(26(19)22)28(41)43-29(2,3)4)16-39-13-6-12-38(18-30(31,32)33)17-24(39)20-7-9-21(10-8-20)27-34-36-37-35-27/h7-11,14-15,24H,6,12-13,16-18H2,1-5H3,(H,34,35,36,37). The van der Waals surface area contributed by atoms with Crippen LogP contribution < -0.4 is 4.74 Å². The Morgan fingerprint density at radius 1 is 1.12 bits per heavy atom. The predicted octanol–water partition coefficient (Wildman–Crippen LogP) is 5.73. The molecule has 43 heavy (non-hydrogen) atoms. The van der Waals surface area contributed by atoms with E-state index in [0.29, 0.717) is 43.1 Å². The second kappa shape index (κ2) is 12.0. The van der Waals surface area contributed by atoms with Gasteiger partial charge in [0.05, 0.1) is 19.2 Å². The first kappa shape index (κ1) is 30.5. The lowest BCUT2D eigenvalue weighted by Crippen LogP contribution is -2.39. The Morgan fingerprint density at radius 3 is 2.49 bits per heavy atom. The second-order valence-corrected chi connectivity index (χ2v) is 11.9. The number of halogens is 3. The summed E-state index contributed by atoms with van der Waals surface area (Å²) < 4.78 is 53.5. The van der Waals surface area contributed by atoms with Crippen LogP contribution in [-0.2, 0) is 11.3 Å². The molecule has 2 aromatic heterocycles. The van der Waals surface area contributed by atoms with Crippen LogP contribution in [0.15, 0.2) is 42.6 Å². The Labute approximate surface area is 247 Å². The highest BCUT2D eigenvalue weighted by Gasteiger charge is 2.35. The molecule has 13 heteroatoms. The van der Waals surface area contributed by atoms with E-state index >= 15 is 0 Å². The van der Waals surface area contributed by atoms with Crippen molar-refractivity contribution in [3.8, 4) is 17.1 Å². The maximum absolute atomic E-state index is 13.5. The highest BCUT2D eigenvalue weighted by atomic mass is 19.4. The number of nitrogens with one attached hydrogen (secondary N) is 1. The maximum Gasteiger partial charge on any atom is 0.419 e. The molecule has 4 aromatic rings. The van der Waals surface area contributed by atoms with Gasteiger partial charge in [-0.1, -0.05) is 24.3 Å². The van der Waals surface area contributed by atoms with Gasteiger partial charge in [-0.15, -0.1) is 10.2 Å². The van der Waals surface area contributed by atoms with Crippen molar-refractivity contribution < 1.29 is 27.4 Å². The molecular formula is C30H36F3N7O3. The van der Waals surface area contributed by atoms with Gasteiger partial charge in [0.2, 0.25) is 5.82 Å². The lowest BCUT2D eigenvalue weighted by atomic mass is 10.00. The molecule has 5 rings (SSSR count). The minimum absolute atomic E-state index is 0.192. The minimum atomic E-state index is -4.31. The number of hydrogen-bond acceptors (Lipinski definition) is 8. The molecule has 1 saturated heterocycles. The van der Waals surface area contributed by atoms with Crippen molar-refractivity contribution in [1.29, 1.82) is 0 Å². The first-order valence-corrected chi connectivity index (χ1v) is 14.1. The molecule has 0 amide bonds. The topological polar surface area (TPSA) is 101 Å². The third-order valence-corrected chi connectivity index (χ3v) is 7.49. The van der Waals surface area contributed by atoms with Crippen LogP contribution in [-0.4, -0.2) is 86.2 Å². The van der Waals surface area contributed by atoms with Gasteiger partial charge < -0.3 is 9.47 Å². The van der Waals surface area contributed by atoms with E-state index in [0.717, 1.165) is 27.6 Å². The van der Waals surface area contributed by atoms with Crippen molar-refractivity contribution in [2.45, 2.75) is 58.5 Å². The number of methoxy groups -OCH3 is 1. The summed E-state index contributed by atoms with van der Waals surface area (Å²) in [6.45, 7) is 7.85. The number of aromatic nitrogens is 5. The molecule has 1 atom stereocenters. The van der Waals surface area contributed by atoms with E-state index in [4.69, 9.17) is 9.47 Å². The van der Waals surface area contributed by atoms with Gasteiger partial charge in [0.15, 0.2) is 0 Å². The molecule has 2 aromatic carbocycles. The quantitative estimate of drug-likeness (QED) is 0.300. The van der Waals surface area contributed by atoms with Crippen LogP contribution in [0.1, 0.15) is 49.9 Å². The smallest absolute Gasteiger partial charge is 0.419 e. The van der Waals surface area contributed by atoms with Crippen LogP contribution in [0.3, 0.4) is 0 Å². The molecule has 10 nitrogen and oxygen atoms in total. The monoisotopic (exact) mass is 599 g/mol. The molecule has 1 aliphatic rings. The van der Waals surface area contributed by atoms with Gasteiger partial charge in [-0.3, -0.25) is 14.4 Å². The van der Waals surface area contributed by atoms with Crippen LogP contribution in [0.2, 0.25) is 0 Å². The number of aryl methyl sites for hydroxylation is 1. The van der Waals surface area contributed by atoms with E-state index in [1.807, 2.05) is 64.1 Å². The molecule has 1 N–H and O–H groups in total. The van der Waals surface area contributed by atoms with Crippen molar-refractivity contribution in [2.75, 3.05) is 33.3 Å². The number of aromatic amines is 1. The number of ether oxygens (including phenoxy) is 2. The molecular weight excluding hydrogens is 563 g/mol. The fourth-order valence-electron chi connectivity index (χ4n) is 5.72. The van der Waals surface area contributed by atoms with Gasteiger partial charge in [0.25, 0.3) is 0 Å². The molecule has 0 saturated carbocycles. The summed E-state index contributed by atoms with van der Waals surface area (Å²) in [5.74, 6) is 1.08. The Morgan fingerprint density at radius 2 is 1.86 bits per heavy atom. The van der Waals surface area contributed by atoms with Crippen molar-refractivity contribution in [2.24, 2.45) is 0 Å². The summed E-state index contributed by atoms with van der Waals surface area (Å²) in [4.78, 5) is 16.7. The number of hydrogen-bond donors (Lipinski definition) is 1. The van der Waals surface area contributed by atoms with E-state index in [-0.39, 0.29) is 12.6 Å². The number of benzene rings is 2. The SMILES string of the molecule is COc1cc(C)c2c(ccn2C(=O)OC(C)(C)C)c1CN1CCCN(CC(F)(F)F)CC1c1ccc(-c2nn[nH]n2)cc1. The van der Waals surface area contributed by atoms with Gasteiger partial charge in [0.1, 0.15) is 11.4 Å². The first-order chi connectivity index (χ1) is 20.3. The van der Waals surface area contributed by atoms with Crippen molar-refractivity contribution in [1.82, 2.24) is 35.0 Å². The van der Waals surface area contributed by atoms with Gasteiger partial charge in [-0.05, 0) is 69.1 Å². The molecule has 1 aliphatic heterocycles. The zero-order chi connectivity index (χ0) is 30.9. The number of fused-ring (bicyclic) bond motifs is 1. The largest absolute Gasteiger partial charge is 0.496 e. The average Bonchev–Trinajstić information content (AvgIpc) is 3.58. The molecule has 0 bridgehead atoms. The van der Waals surface area contributed by atoms with Crippen LogP contribution in [0.5, 0.6) is 5.75 Å². The zero-order valence-electron chi connectivity index (χ0n) is 24.9. The van der Waals surface area contributed by atoms with Crippen molar-refractivity contribution in [3.63, 3.8) is 0 Å². The van der Waals surface area contributed by atoms with E-state index in [9.17, 15) is 18.0 Å². The highest BCUT2D eigenvalue weighted by molar-refractivity contribution is 5.95. The van der Waals surface area contributed by atoms with E-state index in [1.54, 1.807) is 13.3 Å². The fraction of sp³-hybridized carbons (Fsp3) is 0.467. The van der Waals surface area contributed by atoms with Crippen molar-refractivity contribution in [3.05, 3.63) is 59.3 Å². The van der Waals surface area contributed by atoms with E-state index in [2.05, 4.69) is 25.5 Å². The summed E-state index contributed by atoms with van der Waals surface area (Å²) in [7, 11) is 1.59. The number of rotatable bonds is 6. The van der Waals surface area contributed by atoms with Gasteiger partial charge in [-0.2, -0.15) is 18.4 Å². The third-order valence-electron chi connectivity index (χ3n) is 7.49. The highest BCUT2D eigenvalue weighted by Crippen LogP contribution is 2.37. The molecule has 0 aliphatic carbocycles. The number of H-pyrrole nitrogens is 1. The number of carbonyl (C=O) groups excluding carboxylic acids is 1. The van der Waals surface area contributed by atoms with Crippen LogP contribution in [0.4, 0.5) is 18.0 Å². The molecule has 3 heterocycles. The number of tetrazole rings is 1. The van der Waals surface area contributed by atoms with Crippen molar-refractivity contribution >= 4 is 17.0 Å². The summed E-state index contributed by atoms with van der Waals surface area (Å²) in [6, 6.07) is 10.9. The first-order valence-electron chi connectivity index (χ1n) is 14.1. The Hall–Kier alpha value is -3.97. The predicted molar refractivity (Wildman–Crippen MR) is 155 cm³/mol. The summed E-state index contributed by atoms with van der Waals surface area (Å²) in [5.41, 5.74) is 3.35. The summed E-state index contributed by atoms with van der Waals surface area (Å²) >= 11 is 0. The zero-order valence-corrected chi connectivity index (χ0v) is 24.9. The number of carbonyl (C=O) groups is 1. The van der Waals surface area contributed by atoms with Gasteiger partial charge >= 0.3 is 12.3 Å². The maximum atomic E-state index is 13.5. The van der Waals surface area contributed by atoms with E-state index < -0.39 is 24.4 Å². The minimum Gasteiger partial charge on any atom is -0.496 e. The van der Waals surface area contributed by atoms with E-state index in [1.165, 1.54) is 9.47 Å². The Kier molecular flexibility index (Phi) is 8.48. The lowest BCUT2D eigenvalue weighted by molar-refractivity contribution is -0.146. The molecule has 230 valence electrons. The lowest BCUT2D eigenvalue weighted by Gasteiger charge is -2.33. The average molecular weight is 600 g/mol. The molecule has 0 spiro atoms. The number of nitrogens with zero attached hydrogens (tertiary/aromatic N) is 6. The molecule has 1 fully saturated rings. The molecule has 1 unspecified atom stereocenters. The summed E-state index contributed by atoms with van der Waals surface area (Å²) in [5, 5.41) is 14.9. The van der Waals surface area contributed by atoms with Crippen LogP contribution >= 0.6 is 0 Å². The van der Waals surface area contributed by atoms with Crippen LogP contribution in [0.25, 0.3) is 22.3 Å². The number of alkyl halides is 3. The fourth-order valence-corrected chi connectivity index (χ4v) is 5.72. The normalized spacial score (nSPS) is 17.3. The second-order valence-electron chi connectivity index (χ2n) is 11.9. The molecule has 0 radical (unpaired) electrons. The Balaban J connectivity index is 1.53.